The van der Waals surface area contributed by atoms with Crippen molar-refractivity contribution >= 4 is 16.7 Å². The Bertz CT molecular complexity index is 905. The van der Waals surface area contributed by atoms with Crippen LogP contribution in [0, 0.1) is 17.5 Å². The minimum absolute atomic E-state index is 0.0902. The Hall–Kier alpha value is -2.83. The molecule has 0 amide bonds. The first-order chi connectivity index (χ1) is 11.4. The van der Waals surface area contributed by atoms with Crippen LogP contribution in [0.1, 0.15) is 13.8 Å². The zero-order chi connectivity index (χ0) is 17.4. The highest BCUT2D eigenvalue weighted by Gasteiger charge is 2.23. The van der Waals surface area contributed by atoms with Gasteiger partial charge >= 0.3 is 0 Å². The fourth-order valence-electron chi connectivity index (χ4n) is 2.49. The third-order valence-corrected chi connectivity index (χ3v) is 3.44. The van der Waals surface area contributed by atoms with Crippen LogP contribution in [0.5, 0.6) is 5.75 Å². The minimum Gasteiger partial charge on any atom is -0.506 e. The van der Waals surface area contributed by atoms with E-state index in [1.54, 1.807) is 0 Å². The molecule has 2 heterocycles. The lowest BCUT2D eigenvalue weighted by molar-refractivity contribution is 0.481. The molecule has 24 heavy (non-hydrogen) atoms. The molecule has 0 aliphatic carbocycles. The van der Waals surface area contributed by atoms with Gasteiger partial charge in [0.2, 0.25) is 0 Å². The fourth-order valence-corrected chi connectivity index (χ4v) is 2.49. The molecule has 3 aromatic rings. The van der Waals surface area contributed by atoms with Gasteiger partial charge in [0, 0.05) is 29.8 Å². The number of rotatable bonds is 3. The minimum atomic E-state index is -1.12. The van der Waals surface area contributed by atoms with Crippen molar-refractivity contribution < 1.29 is 18.3 Å². The molecule has 0 unspecified atom stereocenters. The van der Waals surface area contributed by atoms with Gasteiger partial charge in [0.1, 0.15) is 29.0 Å². The van der Waals surface area contributed by atoms with E-state index >= 15 is 0 Å². The van der Waals surface area contributed by atoms with Crippen LogP contribution in [-0.4, -0.2) is 21.1 Å². The lowest BCUT2D eigenvalue weighted by Crippen LogP contribution is -2.13. The number of fused-ring (bicyclic) bond motifs is 1. The summed E-state index contributed by atoms with van der Waals surface area (Å²) >= 11 is 0. The average molecular weight is 333 g/mol. The highest BCUT2D eigenvalue weighted by molar-refractivity contribution is 5.96. The van der Waals surface area contributed by atoms with Crippen LogP contribution < -0.4 is 5.32 Å². The number of halogens is 3. The van der Waals surface area contributed by atoms with Gasteiger partial charge < -0.3 is 10.4 Å². The maximum absolute atomic E-state index is 14.2. The highest BCUT2D eigenvalue weighted by atomic mass is 19.1. The molecule has 0 aliphatic heterocycles. The van der Waals surface area contributed by atoms with E-state index in [0.29, 0.717) is 17.6 Å². The first-order valence-corrected chi connectivity index (χ1v) is 7.26. The van der Waals surface area contributed by atoms with Gasteiger partial charge in [-0.1, -0.05) is 0 Å². The van der Waals surface area contributed by atoms with E-state index in [1.165, 1.54) is 18.5 Å². The molecule has 2 N–H and O–H groups in total. The third-order valence-electron chi connectivity index (χ3n) is 3.44. The van der Waals surface area contributed by atoms with Crippen LogP contribution in [0.2, 0.25) is 0 Å². The summed E-state index contributed by atoms with van der Waals surface area (Å²) < 4.78 is 41.7. The van der Waals surface area contributed by atoms with Crippen molar-refractivity contribution in [2.75, 3.05) is 5.32 Å². The van der Waals surface area contributed by atoms with Gasteiger partial charge in [-0.05, 0) is 19.9 Å². The zero-order valence-corrected chi connectivity index (χ0v) is 12.9. The number of aromatic hydroxyl groups is 1. The molecule has 0 radical (unpaired) electrons. The van der Waals surface area contributed by atoms with Gasteiger partial charge in [0.15, 0.2) is 0 Å². The first kappa shape index (κ1) is 16.0. The number of benzene rings is 1. The van der Waals surface area contributed by atoms with Crippen molar-refractivity contribution in [2.24, 2.45) is 0 Å². The summed E-state index contributed by atoms with van der Waals surface area (Å²) in [5.74, 6) is -3.54. The lowest BCUT2D eigenvalue weighted by Gasteiger charge is -2.17. The van der Waals surface area contributed by atoms with Crippen LogP contribution in [0.25, 0.3) is 22.0 Å². The monoisotopic (exact) mass is 333 g/mol. The van der Waals surface area contributed by atoms with Gasteiger partial charge in [-0.25, -0.2) is 18.2 Å². The molecule has 0 bridgehead atoms. The first-order valence-electron chi connectivity index (χ1n) is 7.26. The number of hydrogen-bond donors (Lipinski definition) is 2. The highest BCUT2D eigenvalue weighted by Crippen LogP contribution is 2.42. The summed E-state index contributed by atoms with van der Waals surface area (Å²) in [4.78, 5) is 8.22. The maximum atomic E-state index is 14.2. The fraction of sp³-hybridized carbons (Fsp3) is 0.176. The Morgan fingerprint density at radius 2 is 1.75 bits per heavy atom. The van der Waals surface area contributed by atoms with E-state index in [1.807, 2.05) is 13.8 Å². The van der Waals surface area contributed by atoms with Gasteiger partial charge in [-0.3, -0.25) is 4.98 Å². The number of hydrogen-bond acceptors (Lipinski definition) is 4. The van der Waals surface area contributed by atoms with Crippen molar-refractivity contribution in [3.8, 4) is 16.9 Å². The predicted molar refractivity (Wildman–Crippen MR) is 85.3 cm³/mol. The number of pyridine rings is 2. The van der Waals surface area contributed by atoms with Gasteiger partial charge in [0.25, 0.3) is 0 Å². The smallest absolute Gasteiger partial charge is 0.138 e. The molecule has 2 aromatic heterocycles. The molecule has 3 rings (SSSR count). The molecule has 7 heteroatoms. The van der Waals surface area contributed by atoms with Gasteiger partial charge in [-0.15, -0.1) is 0 Å². The number of anilines is 1. The van der Waals surface area contributed by atoms with Crippen molar-refractivity contribution in [2.45, 2.75) is 19.9 Å². The van der Waals surface area contributed by atoms with Crippen molar-refractivity contribution in [1.29, 1.82) is 0 Å². The van der Waals surface area contributed by atoms with E-state index < -0.39 is 23.0 Å². The van der Waals surface area contributed by atoms with Crippen LogP contribution in [-0.2, 0) is 0 Å². The topological polar surface area (TPSA) is 58.0 Å². The molecule has 0 saturated heterocycles. The lowest BCUT2D eigenvalue weighted by atomic mass is 10.0. The van der Waals surface area contributed by atoms with Crippen LogP contribution in [0.4, 0.5) is 19.0 Å². The Morgan fingerprint density at radius 3 is 2.38 bits per heavy atom. The zero-order valence-electron chi connectivity index (χ0n) is 12.9. The van der Waals surface area contributed by atoms with E-state index in [9.17, 15) is 18.3 Å². The molecule has 1 aromatic carbocycles. The number of nitrogens with one attached hydrogen (secondary N) is 1. The average Bonchev–Trinajstić information content (AvgIpc) is 2.49. The van der Waals surface area contributed by atoms with E-state index in [4.69, 9.17) is 0 Å². The van der Waals surface area contributed by atoms with Gasteiger partial charge in [0.05, 0.1) is 22.8 Å². The second-order valence-electron chi connectivity index (χ2n) is 5.62. The maximum Gasteiger partial charge on any atom is 0.138 e. The standard InChI is InChI=1S/C17H14F3N3O/c1-8(2)22-17-15(14-11(19)5-9(18)6-12(14)20)16(24)10-3-4-21-7-13(10)23-17/h3-8H,1-2H3,(H2,22,23,24). The van der Waals surface area contributed by atoms with Crippen molar-refractivity contribution in [3.05, 3.63) is 48.0 Å². The molecule has 0 aliphatic rings. The number of nitrogens with zero attached hydrogens (tertiary/aromatic N) is 2. The molecular formula is C17H14F3N3O. The summed E-state index contributed by atoms with van der Waals surface area (Å²) in [6.45, 7) is 3.63. The summed E-state index contributed by atoms with van der Waals surface area (Å²) in [6, 6.07) is 2.50. The van der Waals surface area contributed by atoms with E-state index in [0.717, 1.165) is 0 Å². The van der Waals surface area contributed by atoms with Crippen LogP contribution in [0.3, 0.4) is 0 Å². The van der Waals surface area contributed by atoms with Crippen molar-refractivity contribution in [1.82, 2.24) is 9.97 Å². The predicted octanol–water partition coefficient (Wildman–Crippen LogP) is 4.24. The van der Waals surface area contributed by atoms with E-state index in [-0.39, 0.29) is 28.6 Å². The molecular weight excluding hydrogens is 319 g/mol. The van der Waals surface area contributed by atoms with E-state index in [2.05, 4.69) is 15.3 Å². The van der Waals surface area contributed by atoms with Crippen molar-refractivity contribution in [3.63, 3.8) is 0 Å². The summed E-state index contributed by atoms with van der Waals surface area (Å²) in [5, 5.41) is 13.8. The normalized spacial score (nSPS) is 11.2. The van der Waals surface area contributed by atoms with Crippen LogP contribution in [0.15, 0.2) is 30.6 Å². The molecule has 4 nitrogen and oxygen atoms in total. The molecule has 0 saturated carbocycles. The third kappa shape index (κ3) is 2.73. The van der Waals surface area contributed by atoms with Crippen LogP contribution >= 0.6 is 0 Å². The summed E-state index contributed by atoms with van der Waals surface area (Å²) in [5.41, 5.74) is -0.328. The quantitative estimate of drug-likeness (QED) is 0.753. The molecule has 0 atom stereocenters. The summed E-state index contributed by atoms with van der Waals surface area (Å²) in [6.07, 6.45) is 2.86. The Kier molecular flexibility index (Phi) is 4.01. The second-order valence-corrected chi connectivity index (χ2v) is 5.62. The number of aromatic nitrogens is 2. The summed E-state index contributed by atoms with van der Waals surface area (Å²) in [7, 11) is 0. The second kappa shape index (κ2) is 5.99. The Morgan fingerprint density at radius 1 is 1.08 bits per heavy atom. The van der Waals surface area contributed by atoms with Gasteiger partial charge in [-0.2, -0.15) is 0 Å². The largest absolute Gasteiger partial charge is 0.506 e. The Labute approximate surface area is 136 Å². The Balaban J connectivity index is 2.39. The molecule has 0 fully saturated rings. The molecule has 0 spiro atoms. The SMILES string of the molecule is CC(C)Nc1nc2cnccc2c(O)c1-c1c(F)cc(F)cc1F. The molecule has 124 valence electrons.